The number of hydrogen-bond donors (Lipinski definition) is 1. The summed E-state index contributed by atoms with van der Waals surface area (Å²) in [7, 11) is 3.69. The molecule has 5 heteroatoms. The highest BCUT2D eigenvalue weighted by molar-refractivity contribution is 7.96. The molecule has 1 rings (SSSR count). The molecule has 1 aromatic carbocycles. The summed E-state index contributed by atoms with van der Waals surface area (Å²) in [5.41, 5.74) is 6.72. The van der Waals surface area contributed by atoms with Gasteiger partial charge < -0.3 is 4.74 Å². The Bertz CT molecular complexity index is 511. The molecule has 0 fully saturated rings. The third kappa shape index (κ3) is 5.83. The fourth-order valence-corrected chi connectivity index (χ4v) is 2.48. The largest absolute Gasteiger partial charge is 0.492 e. The summed E-state index contributed by atoms with van der Waals surface area (Å²) < 4.78 is 8.03. The molecule has 0 aliphatic rings. The first-order valence-corrected chi connectivity index (χ1v) is 8.68. The van der Waals surface area contributed by atoms with Gasteiger partial charge in [-0.25, -0.2) is 5.43 Å². The maximum atomic E-state index is 5.99. The molecule has 0 unspecified atom stereocenters. The zero-order valence-corrected chi connectivity index (χ0v) is 15.0. The Labute approximate surface area is 138 Å². The molecular formula is C17H27N3OS. The Morgan fingerprint density at radius 2 is 2.23 bits per heavy atom. The SMILES string of the molecule is CCc1ccc(OCCN(NC)SC)c(/C(C)=C/C=NC)c1. The fourth-order valence-electron chi connectivity index (χ4n) is 2.04. The molecule has 4 nitrogen and oxygen atoms in total. The van der Waals surface area contributed by atoms with Crippen molar-refractivity contribution < 1.29 is 4.74 Å². The number of benzene rings is 1. The van der Waals surface area contributed by atoms with Crippen molar-refractivity contribution in [2.75, 3.05) is 33.5 Å². The molecule has 1 aromatic rings. The van der Waals surface area contributed by atoms with Crippen molar-refractivity contribution in [2.45, 2.75) is 20.3 Å². The molecule has 122 valence electrons. The van der Waals surface area contributed by atoms with E-state index in [1.54, 1.807) is 19.0 Å². The minimum Gasteiger partial charge on any atom is -0.492 e. The number of allylic oxidation sites excluding steroid dienone is 2. The van der Waals surface area contributed by atoms with E-state index in [2.05, 4.69) is 42.5 Å². The Morgan fingerprint density at radius 3 is 2.82 bits per heavy atom. The second kappa shape index (κ2) is 10.4. The van der Waals surface area contributed by atoms with Crippen LogP contribution in [0.5, 0.6) is 5.75 Å². The standard InChI is InChI=1S/C17H27N3OS/c1-6-15-7-8-17(21-12-11-20(19-4)22-5)16(13-15)14(2)9-10-18-3/h7-10,13,19H,6,11-12H2,1-5H3/b14-9+,18-10?. The number of nitrogens with zero attached hydrogens (tertiary/aromatic N) is 2. The number of hydrogen-bond acceptors (Lipinski definition) is 5. The van der Waals surface area contributed by atoms with Crippen LogP contribution in [0, 0.1) is 0 Å². The normalized spacial score (nSPS) is 12.4. The van der Waals surface area contributed by atoms with Crippen LogP contribution in [0.15, 0.2) is 29.3 Å². The molecule has 0 spiro atoms. The summed E-state index contributed by atoms with van der Waals surface area (Å²) in [6, 6.07) is 6.40. The Hall–Kier alpha value is -1.30. The molecular weight excluding hydrogens is 294 g/mol. The molecule has 0 saturated heterocycles. The van der Waals surface area contributed by atoms with E-state index < -0.39 is 0 Å². The van der Waals surface area contributed by atoms with Gasteiger partial charge in [0.05, 0.1) is 6.54 Å². The van der Waals surface area contributed by atoms with Gasteiger partial charge in [0.2, 0.25) is 0 Å². The zero-order chi connectivity index (χ0) is 16.4. The molecule has 1 N–H and O–H groups in total. The van der Waals surface area contributed by atoms with Crippen LogP contribution in [-0.2, 0) is 6.42 Å². The first-order chi connectivity index (χ1) is 10.7. The van der Waals surface area contributed by atoms with Gasteiger partial charge in [-0.05, 0) is 56.0 Å². The van der Waals surface area contributed by atoms with Gasteiger partial charge in [0.1, 0.15) is 12.4 Å². The smallest absolute Gasteiger partial charge is 0.126 e. The van der Waals surface area contributed by atoms with E-state index in [9.17, 15) is 0 Å². The van der Waals surface area contributed by atoms with Gasteiger partial charge in [-0.1, -0.05) is 24.9 Å². The summed E-state index contributed by atoms with van der Waals surface area (Å²) in [6.45, 7) is 5.70. The molecule has 0 aliphatic heterocycles. The van der Waals surface area contributed by atoms with E-state index >= 15 is 0 Å². The summed E-state index contributed by atoms with van der Waals surface area (Å²) in [5.74, 6) is 0.924. The van der Waals surface area contributed by atoms with Gasteiger partial charge in [0.25, 0.3) is 0 Å². The average molecular weight is 321 g/mol. The van der Waals surface area contributed by atoms with Crippen molar-refractivity contribution in [2.24, 2.45) is 4.99 Å². The van der Waals surface area contributed by atoms with Crippen molar-refractivity contribution in [3.8, 4) is 5.75 Å². The van der Waals surface area contributed by atoms with Crippen LogP contribution < -0.4 is 10.2 Å². The average Bonchev–Trinajstić information content (AvgIpc) is 2.56. The Morgan fingerprint density at radius 1 is 1.45 bits per heavy atom. The maximum Gasteiger partial charge on any atom is 0.126 e. The quantitative estimate of drug-likeness (QED) is 0.429. The summed E-state index contributed by atoms with van der Waals surface area (Å²) in [5, 5.41) is 0. The predicted molar refractivity (Wildman–Crippen MR) is 98.7 cm³/mol. The van der Waals surface area contributed by atoms with Crippen LogP contribution in [0.4, 0.5) is 0 Å². The van der Waals surface area contributed by atoms with Crippen molar-refractivity contribution in [1.29, 1.82) is 0 Å². The Kier molecular flexibility index (Phi) is 8.89. The van der Waals surface area contributed by atoms with E-state index in [-0.39, 0.29) is 0 Å². The van der Waals surface area contributed by atoms with Crippen LogP contribution in [0.2, 0.25) is 0 Å². The number of aliphatic imine (C=N–C) groups is 1. The number of hydrazine groups is 1. The third-order valence-corrected chi connectivity index (χ3v) is 4.18. The lowest BCUT2D eigenvalue weighted by atomic mass is 10.0. The minimum absolute atomic E-state index is 0.634. The monoisotopic (exact) mass is 321 g/mol. The van der Waals surface area contributed by atoms with E-state index in [0.29, 0.717) is 6.61 Å². The predicted octanol–water partition coefficient (Wildman–Crippen LogP) is 3.45. The first kappa shape index (κ1) is 18.7. The lowest BCUT2D eigenvalue weighted by Crippen LogP contribution is -2.31. The van der Waals surface area contributed by atoms with Gasteiger partial charge in [0, 0.05) is 18.8 Å². The highest BCUT2D eigenvalue weighted by Gasteiger charge is 2.08. The Balaban J connectivity index is 2.89. The molecule has 0 aromatic heterocycles. The molecule has 0 saturated carbocycles. The van der Waals surface area contributed by atoms with Gasteiger partial charge in [0.15, 0.2) is 0 Å². The lowest BCUT2D eigenvalue weighted by Gasteiger charge is -2.19. The zero-order valence-electron chi connectivity index (χ0n) is 14.2. The van der Waals surface area contributed by atoms with Gasteiger partial charge >= 0.3 is 0 Å². The van der Waals surface area contributed by atoms with Crippen molar-refractivity contribution in [3.63, 3.8) is 0 Å². The summed E-state index contributed by atoms with van der Waals surface area (Å²) in [6.07, 6.45) is 6.88. The van der Waals surface area contributed by atoms with Crippen molar-refractivity contribution in [1.82, 2.24) is 9.84 Å². The molecule has 0 atom stereocenters. The topological polar surface area (TPSA) is 36.9 Å². The minimum atomic E-state index is 0.634. The molecule has 0 bridgehead atoms. The second-order valence-electron chi connectivity index (χ2n) is 4.80. The van der Waals surface area contributed by atoms with Crippen molar-refractivity contribution >= 4 is 23.7 Å². The fraction of sp³-hybridized carbons (Fsp3) is 0.471. The van der Waals surface area contributed by atoms with Crippen LogP contribution in [0.25, 0.3) is 5.57 Å². The van der Waals surface area contributed by atoms with Crippen LogP contribution in [-0.4, -0.2) is 44.1 Å². The van der Waals surface area contributed by atoms with Gasteiger partial charge in [-0.3, -0.25) is 4.99 Å². The molecule has 0 radical (unpaired) electrons. The maximum absolute atomic E-state index is 5.99. The highest BCUT2D eigenvalue weighted by Crippen LogP contribution is 2.27. The second-order valence-corrected chi connectivity index (χ2v) is 5.60. The van der Waals surface area contributed by atoms with E-state index in [0.717, 1.165) is 29.9 Å². The number of aryl methyl sites for hydroxylation is 1. The lowest BCUT2D eigenvalue weighted by molar-refractivity contribution is 0.260. The molecule has 0 aliphatic carbocycles. The van der Waals surface area contributed by atoms with Crippen molar-refractivity contribution in [3.05, 3.63) is 35.4 Å². The van der Waals surface area contributed by atoms with Gasteiger partial charge in [-0.15, -0.1) is 0 Å². The summed E-state index contributed by atoms with van der Waals surface area (Å²) >= 11 is 1.65. The van der Waals surface area contributed by atoms with Crippen LogP contribution in [0.1, 0.15) is 25.0 Å². The van der Waals surface area contributed by atoms with E-state index in [1.165, 1.54) is 5.56 Å². The number of rotatable bonds is 9. The highest BCUT2D eigenvalue weighted by atomic mass is 32.2. The molecule has 22 heavy (non-hydrogen) atoms. The van der Waals surface area contributed by atoms with Crippen LogP contribution >= 0.6 is 11.9 Å². The van der Waals surface area contributed by atoms with Gasteiger partial charge in [-0.2, -0.15) is 4.41 Å². The number of nitrogens with one attached hydrogen (secondary N) is 1. The van der Waals surface area contributed by atoms with E-state index in [1.807, 2.05) is 30.0 Å². The van der Waals surface area contributed by atoms with Crippen LogP contribution in [0.3, 0.4) is 0 Å². The van der Waals surface area contributed by atoms with E-state index in [4.69, 9.17) is 4.74 Å². The molecule has 0 amide bonds. The first-order valence-electron chi connectivity index (χ1n) is 7.50. The third-order valence-electron chi connectivity index (χ3n) is 3.37. The summed E-state index contributed by atoms with van der Waals surface area (Å²) in [4.78, 5) is 4.02. The number of ether oxygens (including phenoxy) is 1. The molecule has 0 heterocycles.